The first-order chi connectivity index (χ1) is 4.43. The van der Waals surface area contributed by atoms with Gasteiger partial charge in [-0.05, 0) is 19.8 Å². The fourth-order valence-corrected chi connectivity index (χ4v) is 1.01. The second-order valence-corrected chi connectivity index (χ2v) is 2.21. The molecule has 1 rings (SSSR count). The van der Waals surface area contributed by atoms with Gasteiger partial charge in [0, 0.05) is 13.2 Å². The molecule has 1 aliphatic heterocycles. The van der Waals surface area contributed by atoms with E-state index in [0.717, 1.165) is 26.1 Å². The lowest BCUT2D eigenvalue weighted by molar-refractivity contribution is -0.0413. The maximum absolute atomic E-state index is 5.25. The summed E-state index contributed by atoms with van der Waals surface area (Å²) in [6, 6.07) is 0. The van der Waals surface area contributed by atoms with Gasteiger partial charge in [0.25, 0.3) is 0 Å². The molecule has 1 atom stereocenters. The van der Waals surface area contributed by atoms with E-state index < -0.39 is 0 Å². The van der Waals surface area contributed by atoms with Crippen LogP contribution in [-0.4, -0.2) is 25.9 Å². The summed E-state index contributed by atoms with van der Waals surface area (Å²) in [6.07, 6.45) is 2.58. The second kappa shape index (κ2) is 3.85. The number of rotatable bonds is 2. The summed E-state index contributed by atoms with van der Waals surface area (Å²) in [5, 5.41) is 0. The largest absolute Gasteiger partial charge is 0.379 e. The van der Waals surface area contributed by atoms with Crippen molar-refractivity contribution in [2.75, 3.05) is 19.8 Å². The predicted octanol–water partition coefficient (Wildman–Crippen LogP) is 1.02. The van der Waals surface area contributed by atoms with Gasteiger partial charge in [-0.25, -0.2) is 0 Å². The average Bonchev–Trinajstić information content (AvgIpc) is 1.91. The minimum Gasteiger partial charge on any atom is -0.379 e. The maximum Gasteiger partial charge on any atom is 0.0809 e. The SMILES string of the molecule is [CH2]COC1CCCOC1. The van der Waals surface area contributed by atoms with Crippen LogP contribution >= 0.6 is 0 Å². The molecule has 0 amide bonds. The topological polar surface area (TPSA) is 18.5 Å². The quantitative estimate of drug-likeness (QED) is 0.554. The zero-order valence-electron chi connectivity index (χ0n) is 5.64. The average molecular weight is 129 g/mol. The number of hydrogen-bond acceptors (Lipinski definition) is 2. The van der Waals surface area contributed by atoms with Gasteiger partial charge >= 0.3 is 0 Å². The van der Waals surface area contributed by atoms with Crippen LogP contribution in [0.5, 0.6) is 0 Å². The molecule has 0 spiro atoms. The summed E-state index contributed by atoms with van der Waals surface area (Å²) >= 11 is 0. The predicted molar refractivity (Wildman–Crippen MR) is 35.1 cm³/mol. The maximum atomic E-state index is 5.25. The minimum absolute atomic E-state index is 0.316. The Hall–Kier alpha value is -0.0800. The molecular formula is C7H13O2. The Morgan fingerprint density at radius 2 is 2.56 bits per heavy atom. The Bertz CT molecular complexity index is 64.6. The molecule has 9 heavy (non-hydrogen) atoms. The van der Waals surface area contributed by atoms with Crippen molar-refractivity contribution in [2.45, 2.75) is 18.9 Å². The molecule has 0 aliphatic carbocycles. The third kappa shape index (κ3) is 2.33. The molecule has 1 unspecified atom stereocenters. The summed E-state index contributed by atoms with van der Waals surface area (Å²) in [5.41, 5.74) is 0. The van der Waals surface area contributed by atoms with Crippen LogP contribution in [-0.2, 0) is 9.47 Å². The van der Waals surface area contributed by atoms with Crippen molar-refractivity contribution in [2.24, 2.45) is 0 Å². The highest BCUT2D eigenvalue weighted by Crippen LogP contribution is 2.08. The molecule has 0 bridgehead atoms. The lowest BCUT2D eigenvalue weighted by Gasteiger charge is -2.21. The number of hydrogen-bond donors (Lipinski definition) is 0. The van der Waals surface area contributed by atoms with Crippen LogP contribution in [0.3, 0.4) is 0 Å². The molecule has 0 saturated carbocycles. The third-order valence-electron chi connectivity index (χ3n) is 1.47. The van der Waals surface area contributed by atoms with Gasteiger partial charge in [-0.1, -0.05) is 0 Å². The number of ether oxygens (including phenoxy) is 2. The van der Waals surface area contributed by atoms with Crippen LogP contribution in [0.1, 0.15) is 12.8 Å². The summed E-state index contributed by atoms with van der Waals surface area (Å²) in [7, 11) is 0. The van der Waals surface area contributed by atoms with Gasteiger partial charge in [0.05, 0.1) is 12.7 Å². The third-order valence-corrected chi connectivity index (χ3v) is 1.47. The second-order valence-electron chi connectivity index (χ2n) is 2.21. The Kier molecular flexibility index (Phi) is 3.01. The molecular weight excluding hydrogens is 116 g/mol. The van der Waals surface area contributed by atoms with Gasteiger partial charge in [0.1, 0.15) is 0 Å². The monoisotopic (exact) mass is 129 g/mol. The van der Waals surface area contributed by atoms with E-state index in [2.05, 4.69) is 6.92 Å². The minimum atomic E-state index is 0.316. The summed E-state index contributed by atoms with van der Waals surface area (Å²) in [4.78, 5) is 0. The van der Waals surface area contributed by atoms with Crippen molar-refractivity contribution in [3.05, 3.63) is 6.92 Å². The van der Waals surface area contributed by atoms with Crippen molar-refractivity contribution in [1.29, 1.82) is 0 Å². The Morgan fingerprint density at radius 3 is 3.11 bits per heavy atom. The van der Waals surface area contributed by atoms with Gasteiger partial charge in [-0.3, -0.25) is 0 Å². The zero-order valence-corrected chi connectivity index (χ0v) is 5.64. The van der Waals surface area contributed by atoms with Gasteiger partial charge in [0.15, 0.2) is 0 Å². The summed E-state index contributed by atoms with van der Waals surface area (Å²) < 4.78 is 10.4. The highest BCUT2D eigenvalue weighted by atomic mass is 16.5. The van der Waals surface area contributed by atoms with Gasteiger partial charge in [-0.15, -0.1) is 0 Å². The summed E-state index contributed by atoms with van der Waals surface area (Å²) in [6.45, 7) is 5.82. The molecule has 2 heteroatoms. The summed E-state index contributed by atoms with van der Waals surface area (Å²) in [5.74, 6) is 0. The molecule has 2 nitrogen and oxygen atoms in total. The van der Waals surface area contributed by atoms with E-state index in [9.17, 15) is 0 Å². The lowest BCUT2D eigenvalue weighted by Crippen LogP contribution is -2.25. The zero-order chi connectivity index (χ0) is 6.53. The highest BCUT2D eigenvalue weighted by molar-refractivity contribution is 4.61. The van der Waals surface area contributed by atoms with E-state index in [-0.39, 0.29) is 0 Å². The van der Waals surface area contributed by atoms with Crippen LogP contribution in [0.25, 0.3) is 0 Å². The molecule has 1 radical (unpaired) electrons. The molecule has 0 aromatic rings. The first-order valence-electron chi connectivity index (χ1n) is 3.42. The van der Waals surface area contributed by atoms with Crippen molar-refractivity contribution in [3.8, 4) is 0 Å². The van der Waals surface area contributed by atoms with Crippen molar-refractivity contribution >= 4 is 0 Å². The standard InChI is InChI=1S/C7H13O2/c1-2-9-7-4-3-5-8-6-7/h7H,1-6H2. The van der Waals surface area contributed by atoms with E-state index in [1.165, 1.54) is 0 Å². The lowest BCUT2D eigenvalue weighted by atomic mass is 10.2. The van der Waals surface area contributed by atoms with Crippen LogP contribution in [0, 0.1) is 6.92 Å². The van der Waals surface area contributed by atoms with E-state index in [1.807, 2.05) is 0 Å². The Labute approximate surface area is 56.2 Å². The normalized spacial score (nSPS) is 28.3. The van der Waals surface area contributed by atoms with E-state index in [1.54, 1.807) is 0 Å². The molecule has 0 aromatic heterocycles. The first-order valence-corrected chi connectivity index (χ1v) is 3.42. The van der Waals surface area contributed by atoms with Crippen molar-refractivity contribution in [1.82, 2.24) is 0 Å². The molecule has 53 valence electrons. The highest BCUT2D eigenvalue weighted by Gasteiger charge is 2.12. The molecule has 0 N–H and O–H groups in total. The van der Waals surface area contributed by atoms with Gasteiger partial charge in [-0.2, -0.15) is 0 Å². The fraction of sp³-hybridized carbons (Fsp3) is 0.857. The first kappa shape index (κ1) is 7.03. The van der Waals surface area contributed by atoms with E-state index in [4.69, 9.17) is 9.47 Å². The fourth-order valence-electron chi connectivity index (χ4n) is 1.01. The molecule has 1 heterocycles. The van der Waals surface area contributed by atoms with Crippen LogP contribution in [0.15, 0.2) is 0 Å². The van der Waals surface area contributed by atoms with Crippen LogP contribution in [0.4, 0.5) is 0 Å². The van der Waals surface area contributed by atoms with E-state index in [0.29, 0.717) is 12.7 Å². The smallest absolute Gasteiger partial charge is 0.0809 e. The molecule has 1 saturated heterocycles. The molecule has 1 fully saturated rings. The molecule has 0 aromatic carbocycles. The van der Waals surface area contributed by atoms with Gasteiger partial charge < -0.3 is 9.47 Å². The van der Waals surface area contributed by atoms with E-state index >= 15 is 0 Å². The van der Waals surface area contributed by atoms with Crippen LogP contribution in [0.2, 0.25) is 0 Å². The van der Waals surface area contributed by atoms with Crippen molar-refractivity contribution in [3.63, 3.8) is 0 Å². The Morgan fingerprint density at radius 1 is 1.67 bits per heavy atom. The van der Waals surface area contributed by atoms with Gasteiger partial charge in [0.2, 0.25) is 0 Å². The van der Waals surface area contributed by atoms with Crippen LogP contribution < -0.4 is 0 Å². The molecule has 1 aliphatic rings. The van der Waals surface area contributed by atoms with Crippen molar-refractivity contribution < 1.29 is 9.47 Å². The Balaban J connectivity index is 2.08.